The Morgan fingerprint density at radius 3 is 2.63 bits per heavy atom. The van der Waals surface area contributed by atoms with Crippen molar-refractivity contribution in [3.63, 3.8) is 0 Å². The molecule has 2 aromatic rings. The molecule has 8 heteroatoms. The second kappa shape index (κ2) is 12.4. The Balaban J connectivity index is 1.82. The van der Waals surface area contributed by atoms with Crippen LogP contribution in [0.25, 0.3) is 0 Å². The van der Waals surface area contributed by atoms with E-state index in [1.165, 1.54) is 5.56 Å². The van der Waals surface area contributed by atoms with E-state index >= 15 is 0 Å². The van der Waals surface area contributed by atoms with E-state index in [1.807, 2.05) is 55.1 Å². The molecule has 1 atom stereocenters. The van der Waals surface area contributed by atoms with Gasteiger partial charge in [-0.2, -0.15) is 5.10 Å². The summed E-state index contributed by atoms with van der Waals surface area (Å²) in [6, 6.07) is 9.94. The fraction of sp³-hybridized carbons (Fsp3) is 0.409. The van der Waals surface area contributed by atoms with Crippen LogP contribution in [0.2, 0.25) is 0 Å². The Kier molecular flexibility index (Phi) is 9.60. The van der Waals surface area contributed by atoms with Crippen LogP contribution in [0.15, 0.2) is 54.9 Å². The molecule has 0 spiro atoms. The lowest BCUT2D eigenvalue weighted by Gasteiger charge is -2.20. The number of hydrogen-bond donors (Lipinski definition) is 2. The van der Waals surface area contributed by atoms with Gasteiger partial charge in [0, 0.05) is 43.7 Å². The molecule has 1 aromatic heterocycles. The summed E-state index contributed by atoms with van der Waals surface area (Å²) in [5.41, 5.74) is 1.21. The average Bonchev–Trinajstić information content (AvgIpc) is 3.23. The molecule has 1 aromatic carbocycles. The molecule has 0 fully saturated rings. The summed E-state index contributed by atoms with van der Waals surface area (Å²) in [5, 5.41) is 16.0. The minimum absolute atomic E-state index is 0.158. The number of aliphatic carboxylic acids is 1. The number of hydrogen-bond acceptors (Lipinski definition) is 6. The zero-order valence-electron chi connectivity index (χ0n) is 17.4. The molecule has 0 bridgehead atoms. The predicted molar refractivity (Wildman–Crippen MR) is 112 cm³/mol. The van der Waals surface area contributed by atoms with Gasteiger partial charge in [-0.1, -0.05) is 26.0 Å². The van der Waals surface area contributed by atoms with Crippen molar-refractivity contribution in [2.24, 2.45) is 0 Å². The molecule has 8 nitrogen and oxygen atoms in total. The monoisotopic (exact) mass is 415 g/mol. The van der Waals surface area contributed by atoms with Gasteiger partial charge in [-0.25, -0.2) is 9.59 Å². The van der Waals surface area contributed by atoms with Crippen molar-refractivity contribution in [2.75, 3.05) is 13.2 Å². The third-order valence-electron chi connectivity index (χ3n) is 4.17. The Morgan fingerprint density at radius 2 is 2.00 bits per heavy atom. The first-order chi connectivity index (χ1) is 14.4. The zero-order chi connectivity index (χ0) is 21.8. The summed E-state index contributed by atoms with van der Waals surface area (Å²) in [4.78, 5) is 22.3. The van der Waals surface area contributed by atoms with Crippen molar-refractivity contribution in [3.8, 4) is 5.75 Å². The molecular formula is C22H29N3O5. The van der Waals surface area contributed by atoms with E-state index in [4.69, 9.17) is 14.6 Å². The number of carboxylic acids is 1. The fourth-order valence-corrected chi connectivity index (χ4v) is 2.66. The van der Waals surface area contributed by atoms with Crippen LogP contribution in [0.4, 0.5) is 0 Å². The van der Waals surface area contributed by atoms with Crippen LogP contribution in [0.3, 0.4) is 0 Å². The number of carbonyl (C=O) groups excluding carboxylic acids is 1. The number of nitrogens with one attached hydrogen (secondary N) is 1. The number of ether oxygens (including phenoxy) is 2. The lowest BCUT2D eigenvalue weighted by Crippen LogP contribution is -2.38. The van der Waals surface area contributed by atoms with Crippen molar-refractivity contribution in [3.05, 3.63) is 60.4 Å². The summed E-state index contributed by atoms with van der Waals surface area (Å²) in [6.45, 7) is 5.39. The second-order valence-corrected chi connectivity index (χ2v) is 7.12. The first-order valence-corrected chi connectivity index (χ1v) is 9.96. The molecule has 0 aliphatic carbocycles. The lowest BCUT2D eigenvalue weighted by molar-refractivity contribution is -0.144. The van der Waals surface area contributed by atoms with E-state index in [0.717, 1.165) is 31.5 Å². The molecule has 162 valence electrons. The highest BCUT2D eigenvalue weighted by Crippen LogP contribution is 2.14. The van der Waals surface area contributed by atoms with E-state index in [0.29, 0.717) is 12.3 Å². The van der Waals surface area contributed by atoms with Crippen molar-refractivity contribution < 1.29 is 24.2 Å². The standard InChI is InChI=1S/C22H29N3O5/c1-17(2)23-15-20(30-22(28)11-10-21(26)27)16-29-19-8-6-18(7-9-19)5-3-13-25-14-4-12-24-25/h4,6-12,14,17,20,23H,3,5,13,15-16H2,1-2H3,(H,26,27)/b11-10-. The number of rotatable bonds is 13. The molecule has 2 N–H and O–H groups in total. The highest BCUT2D eigenvalue weighted by molar-refractivity contribution is 5.90. The largest absolute Gasteiger partial charge is 0.490 e. The van der Waals surface area contributed by atoms with Gasteiger partial charge in [0.05, 0.1) is 0 Å². The minimum atomic E-state index is -1.20. The Labute approximate surface area is 176 Å². The lowest BCUT2D eigenvalue weighted by atomic mass is 10.1. The van der Waals surface area contributed by atoms with E-state index in [2.05, 4.69) is 10.4 Å². The third-order valence-corrected chi connectivity index (χ3v) is 4.17. The molecular weight excluding hydrogens is 386 g/mol. The van der Waals surface area contributed by atoms with Gasteiger partial charge in [0.15, 0.2) is 0 Å². The summed E-state index contributed by atoms with van der Waals surface area (Å²) < 4.78 is 13.0. The van der Waals surface area contributed by atoms with Gasteiger partial charge < -0.3 is 19.9 Å². The van der Waals surface area contributed by atoms with Gasteiger partial charge in [0.25, 0.3) is 0 Å². The smallest absolute Gasteiger partial charge is 0.331 e. The fourth-order valence-electron chi connectivity index (χ4n) is 2.66. The number of aryl methyl sites for hydroxylation is 2. The molecule has 0 amide bonds. The predicted octanol–water partition coefficient (Wildman–Crippen LogP) is 2.45. The van der Waals surface area contributed by atoms with Gasteiger partial charge in [0.1, 0.15) is 18.5 Å². The van der Waals surface area contributed by atoms with Crippen molar-refractivity contribution in [2.45, 2.75) is 45.4 Å². The molecule has 0 radical (unpaired) electrons. The molecule has 1 unspecified atom stereocenters. The molecule has 2 rings (SSSR count). The third kappa shape index (κ3) is 9.38. The van der Waals surface area contributed by atoms with Gasteiger partial charge in [-0.15, -0.1) is 0 Å². The molecule has 0 saturated carbocycles. The molecule has 0 aliphatic heterocycles. The highest BCUT2D eigenvalue weighted by atomic mass is 16.6. The van der Waals surface area contributed by atoms with Crippen LogP contribution in [-0.2, 0) is 27.3 Å². The van der Waals surface area contributed by atoms with Crippen LogP contribution in [-0.4, -0.2) is 52.1 Å². The highest BCUT2D eigenvalue weighted by Gasteiger charge is 2.15. The average molecular weight is 415 g/mol. The SMILES string of the molecule is CC(C)NCC(COc1ccc(CCCn2cccn2)cc1)OC(=O)/C=C\C(=O)O. The normalized spacial score (nSPS) is 12.2. The van der Waals surface area contributed by atoms with Crippen LogP contribution >= 0.6 is 0 Å². The van der Waals surface area contributed by atoms with Crippen LogP contribution in [0, 0.1) is 0 Å². The van der Waals surface area contributed by atoms with Gasteiger partial charge >= 0.3 is 11.9 Å². The Hall–Kier alpha value is -3.13. The van der Waals surface area contributed by atoms with Gasteiger partial charge in [-0.05, 0) is 36.6 Å². The first-order valence-electron chi connectivity index (χ1n) is 9.96. The van der Waals surface area contributed by atoms with E-state index < -0.39 is 18.0 Å². The van der Waals surface area contributed by atoms with Crippen molar-refractivity contribution in [1.82, 2.24) is 15.1 Å². The molecule has 30 heavy (non-hydrogen) atoms. The van der Waals surface area contributed by atoms with E-state index in [9.17, 15) is 9.59 Å². The van der Waals surface area contributed by atoms with E-state index in [-0.39, 0.29) is 12.6 Å². The summed E-state index contributed by atoms with van der Waals surface area (Å²) >= 11 is 0. The number of carbonyl (C=O) groups is 2. The van der Waals surface area contributed by atoms with Gasteiger partial charge in [0.2, 0.25) is 0 Å². The van der Waals surface area contributed by atoms with Crippen molar-refractivity contribution >= 4 is 11.9 Å². The van der Waals surface area contributed by atoms with Crippen LogP contribution in [0.5, 0.6) is 5.75 Å². The maximum atomic E-state index is 11.8. The first kappa shape index (κ1) is 23.2. The van der Waals surface area contributed by atoms with Crippen molar-refractivity contribution in [1.29, 1.82) is 0 Å². The maximum absolute atomic E-state index is 11.8. The molecule has 0 saturated heterocycles. The maximum Gasteiger partial charge on any atom is 0.331 e. The number of nitrogens with zero attached hydrogens (tertiary/aromatic N) is 2. The van der Waals surface area contributed by atoms with Crippen LogP contribution in [0.1, 0.15) is 25.8 Å². The summed E-state index contributed by atoms with van der Waals surface area (Å²) in [6.07, 6.45) is 6.75. The molecule has 1 heterocycles. The summed E-state index contributed by atoms with van der Waals surface area (Å²) in [7, 11) is 0. The number of carboxylic acid groups (broad SMARTS) is 1. The zero-order valence-corrected chi connectivity index (χ0v) is 17.4. The second-order valence-electron chi connectivity index (χ2n) is 7.12. The quantitative estimate of drug-likeness (QED) is 0.383. The Morgan fingerprint density at radius 1 is 1.23 bits per heavy atom. The van der Waals surface area contributed by atoms with Gasteiger partial charge in [-0.3, -0.25) is 4.68 Å². The minimum Gasteiger partial charge on any atom is -0.490 e. The van der Waals surface area contributed by atoms with Crippen LogP contribution < -0.4 is 10.1 Å². The number of benzene rings is 1. The Bertz CT molecular complexity index is 801. The summed E-state index contributed by atoms with van der Waals surface area (Å²) in [5.74, 6) is -1.24. The van der Waals surface area contributed by atoms with E-state index in [1.54, 1.807) is 6.20 Å². The number of aromatic nitrogens is 2. The molecule has 0 aliphatic rings. The topological polar surface area (TPSA) is 103 Å². The number of esters is 1.